The number of primary amides is 1. The lowest BCUT2D eigenvalue weighted by atomic mass is 10.1. The maximum absolute atomic E-state index is 11.1. The first-order chi connectivity index (χ1) is 7.35. The van der Waals surface area contributed by atoms with Crippen molar-refractivity contribution in [1.82, 2.24) is 15.0 Å². The third kappa shape index (κ3) is 2.96. The normalized spacial score (nSPS) is 11.2. The predicted molar refractivity (Wildman–Crippen MR) is 62.9 cm³/mol. The van der Waals surface area contributed by atoms with Crippen molar-refractivity contribution in [3.63, 3.8) is 0 Å². The van der Waals surface area contributed by atoms with E-state index in [9.17, 15) is 4.79 Å². The van der Waals surface area contributed by atoms with Crippen molar-refractivity contribution < 1.29 is 4.79 Å². The SMILES string of the molecule is CSc1nc(N)nc(NC(C)(C)C(N)=O)n1. The van der Waals surface area contributed by atoms with Gasteiger partial charge in [-0.25, -0.2) is 0 Å². The van der Waals surface area contributed by atoms with Gasteiger partial charge in [-0.1, -0.05) is 11.8 Å². The Kier molecular flexibility index (Phi) is 3.53. The van der Waals surface area contributed by atoms with E-state index in [1.165, 1.54) is 11.8 Å². The summed E-state index contributed by atoms with van der Waals surface area (Å²) in [4.78, 5) is 22.9. The first-order valence-corrected chi connectivity index (χ1v) is 5.71. The van der Waals surface area contributed by atoms with E-state index in [1.807, 2.05) is 6.26 Å². The summed E-state index contributed by atoms with van der Waals surface area (Å²) in [5.41, 5.74) is 9.77. The molecule has 5 N–H and O–H groups in total. The van der Waals surface area contributed by atoms with E-state index in [1.54, 1.807) is 13.8 Å². The predicted octanol–water partition coefficient (Wildman–Crippen LogP) is -0.148. The number of nitrogens with one attached hydrogen (secondary N) is 1. The lowest BCUT2D eigenvalue weighted by Gasteiger charge is -2.22. The molecule has 0 fully saturated rings. The first kappa shape index (κ1) is 12.5. The van der Waals surface area contributed by atoms with Crippen LogP contribution >= 0.6 is 11.8 Å². The van der Waals surface area contributed by atoms with E-state index >= 15 is 0 Å². The average Bonchev–Trinajstić information content (AvgIpc) is 2.15. The lowest BCUT2D eigenvalue weighted by Crippen LogP contribution is -2.45. The van der Waals surface area contributed by atoms with Crippen molar-refractivity contribution in [3.05, 3.63) is 0 Å². The third-order valence-corrected chi connectivity index (χ3v) is 2.40. The number of carbonyl (C=O) groups is 1. The fourth-order valence-corrected chi connectivity index (χ4v) is 1.22. The Morgan fingerprint density at radius 3 is 2.50 bits per heavy atom. The summed E-state index contributed by atoms with van der Waals surface area (Å²) in [6.07, 6.45) is 1.82. The van der Waals surface area contributed by atoms with Crippen molar-refractivity contribution in [1.29, 1.82) is 0 Å². The maximum atomic E-state index is 11.1. The summed E-state index contributed by atoms with van der Waals surface area (Å²) in [7, 11) is 0. The summed E-state index contributed by atoms with van der Waals surface area (Å²) >= 11 is 1.33. The van der Waals surface area contributed by atoms with Crippen LogP contribution in [-0.4, -0.2) is 32.7 Å². The fourth-order valence-electron chi connectivity index (χ4n) is 0.860. The molecule has 8 heteroatoms. The van der Waals surface area contributed by atoms with Crippen LogP contribution in [0.2, 0.25) is 0 Å². The van der Waals surface area contributed by atoms with Gasteiger partial charge >= 0.3 is 0 Å². The van der Waals surface area contributed by atoms with E-state index in [0.29, 0.717) is 5.16 Å². The summed E-state index contributed by atoms with van der Waals surface area (Å²) in [6, 6.07) is 0. The summed E-state index contributed by atoms with van der Waals surface area (Å²) in [5, 5.41) is 3.28. The molecule has 1 heterocycles. The highest BCUT2D eigenvalue weighted by Gasteiger charge is 2.25. The fraction of sp³-hybridized carbons (Fsp3) is 0.500. The van der Waals surface area contributed by atoms with E-state index < -0.39 is 11.4 Å². The summed E-state index contributed by atoms with van der Waals surface area (Å²) < 4.78 is 0. The number of amides is 1. The minimum absolute atomic E-state index is 0.0992. The zero-order valence-electron chi connectivity index (χ0n) is 9.31. The molecular weight excluding hydrogens is 228 g/mol. The number of anilines is 2. The van der Waals surface area contributed by atoms with Crippen LogP contribution in [0.4, 0.5) is 11.9 Å². The molecule has 0 saturated carbocycles. The van der Waals surface area contributed by atoms with E-state index in [4.69, 9.17) is 11.5 Å². The highest BCUT2D eigenvalue weighted by Crippen LogP contribution is 2.15. The minimum atomic E-state index is -0.941. The van der Waals surface area contributed by atoms with Crippen LogP contribution in [0.5, 0.6) is 0 Å². The van der Waals surface area contributed by atoms with Crippen molar-refractivity contribution in [2.75, 3.05) is 17.3 Å². The van der Waals surface area contributed by atoms with Crippen LogP contribution in [-0.2, 0) is 4.79 Å². The number of nitrogens with two attached hydrogens (primary N) is 2. The number of thioether (sulfide) groups is 1. The Labute approximate surface area is 97.4 Å². The Bertz CT molecular complexity index is 408. The number of aromatic nitrogens is 3. The van der Waals surface area contributed by atoms with Gasteiger partial charge in [-0.15, -0.1) is 0 Å². The second-order valence-corrected chi connectivity index (χ2v) is 4.39. The van der Waals surface area contributed by atoms with Crippen LogP contribution < -0.4 is 16.8 Å². The molecule has 7 nitrogen and oxygen atoms in total. The summed E-state index contributed by atoms with van der Waals surface area (Å²) in [5.74, 6) is -0.167. The second kappa shape index (κ2) is 4.52. The lowest BCUT2D eigenvalue weighted by molar-refractivity contribution is -0.121. The molecule has 0 spiro atoms. The van der Waals surface area contributed by atoms with Gasteiger partial charge in [0.1, 0.15) is 5.54 Å². The van der Waals surface area contributed by atoms with Gasteiger partial charge in [0.15, 0.2) is 5.16 Å². The molecule has 0 bridgehead atoms. The molecule has 1 amide bonds. The standard InChI is InChI=1S/C8H14N6OS/c1-8(2,4(9)15)14-6-11-5(10)12-7(13-6)16-3/h1-3H3,(H2,9,15)(H3,10,11,12,13,14). The Hall–Kier alpha value is -1.57. The van der Waals surface area contributed by atoms with Crippen molar-refractivity contribution in [2.24, 2.45) is 5.73 Å². The molecule has 0 saturated heterocycles. The van der Waals surface area contributed by atoms with Gasteiger partial charge in [-0.2, -0.15) is 15.0 Å². The Morgan fingerprint density at radius 1 is 1.38 bits per heavy atom. The number of nitrogens with zero attached hydrogens (tertiary/aromatic N) is 3. The van der Waals surface area contributed by atoms with Crippen LogP contribution in [0, 0.1) is 0 Å². The molecule has 1 aromatic rings. The van der Waals surface area contributed by atoms with Gasteiger partial charge < -0.3 is 16.8 Å². The zero-order chi connectivity index (χ0) is 12.3. The molecule has 0 atom stereocenters. The van der Waals surface area contributed by atoms with E-state index in [-0.39, 0.29) is 11.9 Å². The molecule has 0 aliphatic rings. The molecule has 1 rings (SSSR count). The van der Waals surface area contributed by atoms with E-state index in [0.717, 1.165) is 0 Å². The average molecular weight is 242 g/mol. The number of carbonyl (C=O) groups excluding carboxylic acids is 1. The largest absolute Gasteiger partial charge is 0.368 e. The van der Waals surface area contributed by atoms with Crippen LogP contribution in [0.1, 0.15) is 13.8 Å². The van der Waals surface area contributed by atoms with E-state index in [2.05, 4.69) is 20.3 Å². The monoisotopic (exact) mass is 242 g/mol. The Balaban J connectivity index is 2.97. The van der Waals surface area contributed by atoms with Crippen molar-refractivity contribution in [3.8, 4) is 0 Å². The van der Waals surface area contributed by atoms with Crippen molar-refractivity contribution >= 4 is 29.6 Å². The van der Waals surface area contributed by atoms with Gasteiger partial charge in [0, 0.05) is 0 Å². The smallest absolute Gasteiger partial charge is 0.242 e. The quantitative estimate of drug-likeness (QED) is 0.628. The number of nitrogen functional groups attached to an aromatic ring is 1. The number of rotatable bonds is 4. The first-order valence-electron chi connectivity index (χ1n) is 4.49. The molecule has 16 heavy (non-hydrogen) atoms. The number of hydrogen-bond donors (Lipinski definition) is 3. The van der Waals surface area contributed by atoms with Crippen molar-refractivity contribution in [2.45, 2.75) is 24.5 Å². The van der Waals surface area contributed by atoms with Crippen LogP contribution in [0.3, 0.4) is 0 Å². The molecule has 0 unspecified atom stereocenters. The molecule has 0 aliphatic heterocycles. The molecule has 0 aliphatic carbocycles. The van der Waals surface area contributed by atoms with Gasteiger partial charge in [0.2, 0.25) is 17.8 Å². The third-order valence-electron chi connectivity index (χ3n) is 1.86. The number of hydrogen-bond acceptors (Lipinski definition) is 7. The van der Waals surface area contributed by atoms with Crippen LogP contribution in [0.25, 0.3) is 0 Å². The molecule has 0 radical (unpaired) electrons. The topological polar surface area (TPSA) is 120 Å². The highest BCUT2D eigenvalue weighted by molar-refractivity contribution is 7.98. The maximum Gasteiger partial charge on any atom is 0.242 e. The van der Waals surface area contributed by atoms with Crippen LogP contribution in [0.15, 0.2) is 5.16 Å². The molecule has 1 aromatic heterocycles. The molecule has 0 aromatic carbocycles. The van der Waals surface area contributed by atoms with Gasteiger partial charge in [0.25, 0.3) is 0 Å². The highest BCUT2D eigenvalue weighted by atomic mass is 32.2. The zero-order valence-corrected chi connectivity index (χ0v) is 10.1. The van der Waals surface area contributed by atoms with Gasteiger partial charge in [0.05, 0.1) is 0 Å². The van der Waals surface area contributed by atoms with Gasteiger partial charge in [-0.3, -0.25) is 4.79 Å². The minimum Gasteiger partial charge on any atom is -0.368 e. The van der Waals surface area contributed by atoms with Gasteiger partial charge in [-0.05, 0) is 20.1 Å². The summed E-state index contributed by atoms with van der Waals surface area (Å²) in [6.45, 7) is 3.27. The Morgan fingerprint density at radius 2 is 2.00 bits per heavy atom. The second-order valence-electron chi connectivity index (χ2n) is 3.62. The molecular formula is C8H14N6OS. The molecule has 88 valence electrons.